The first-order valence-electron chi connectivity index (χ1n) is 5.38. The molecule has 0 atom stereocenters. The fraction of sp³-hybridized carbons (Fsp3) is 0.364. The molecule has 5 nitrogen and oxygen atoms in total. The number of rotatable bonds is 5. The Kier molecular flexibility index (Phi) is 3.48. The van der Waals surface area contributed by atoms with Gasteiger partial charge < -0.3 is 9.73 Å². The van der Waals surface area contributed by atoms with Crippen molar-refractivity contribution in [1.82, 2.24) is 15.2 Å². The molecule has 0 saturated heterocycles. The van der Waals surface area contributed by atoms with Gasteiger partial charge in [-0.15, -0.1) is 5.10 Å². The molecule has 1 N–H and O–H groups in total. The van der Waals surface area contributed by atoms with Gasteiger partial charge in [0.2, 0.25) is 5.89 Å². The lowest BCUT2D eigenvalue weighted by Gasteiger charge is -1.97. The summed E-state index contributed by atoms with van der Waals surface area (Å²) >= 11 is 0. The van der Waals surface area contributed by atoms with Crippen LogP contribution < -0.4 is 5.32 Å². The van der Waals surface area contributed by atoms with Crippen molar-refractivity contribution in [2.24, 2.45) is 0 Å². The smallest absolute Gasteiger partial charge is 0.315 e. The zero-order valence-electron chi connectivity index (χ0n) is 9.18. The van der Waals surface area contributed by atoms with Gasteiger partial charge in [0.1, 0.15) is 0 Å². The van der Waals surface area contributed by atoms with Gasteiger partial charge in [0.25, 0.3) is 0 Å². The third kappa shape index (κ3) is 2.56. The van der Waals surface area contributed by atoms with Crippen LogP contribution >= 0.6 is 0 Å². The Morgan fingerprint density at radius 1 is 1.25 bits per heavy atom. The zero-order chi connectivity index (χ0) is 11.2. The molecule has 0 aliphatic carbocycles. The Labute approximate surface area is 93.9 Å². The first kappa shape index (κ1) is 10.6. The molecule has 2 rings (SSSR count). The molecule has 2 aromatic heterocycles. The Hall–Kier alpha value is -1.91. The highest BCUT2D eigenvalue weighted by atomic mass is 16.4. The average molecular weight is 218 g/mol. The monoisotopic (exact) mass is 218 g/mol. The van der Waals surface area contributed by atoms with E-state index in [1.165, 1.54) is 0 Å². The number of aromatic nitrogens is 3. The predicted molar refractivity (Wildman–Crippen MR) is 60.9 cm³/mol. The number of anilines is 1. The third-order valence-electron chi connectivity index (χ3n) is 2.16. The maximum absolute atomic E-state index is 5.46. The van der Waals surface area contributed by atoms with Gasteiger partial charge in [0, 0.05) is 24.5 Å². The summed E-state index contributed by atoms with van der Waals surface area (Å²) in [6.07, 6.45) is 5.62. The molecule has 0 unspecified atom stereocenters. The number of hydrogen-bond acceptors (Lipinski definition) is 5. The summed E-state index contributed by atoms with van der Waals surface area (Å²) in [6.45, 7) is 2.99. The van der Waals surface area contributed by atoms with Crippen LogP contribution in [0, 0.1) is 0 Å². The van der Waals surface area contributed by atoms with Gasteiger partial charge in [0.05, 0.1) is 0 Å². The zero-order valence-corrected chi connectivity index (χ0v) is 9.18. The standard InChI is InChI=1S/C11H14N4O/c1-2-3-6-13-11-15-14-10(16-11)9-4-7-12-8-5-9/h4-5,7-8H,2-3,6H2,1H3,(H,13,15). The minimum Gasteiger partial charge on any atom is -0.403 e. The normalized spacial score (nSPS) is 10.3. The quantitative estimate of drug-likeness (QED) is 0.780. The molecule has 16 heavy (non-hydrogen) atoms. The molecule has 0 radical (unpaired) electrons. The van der Waals surface area contributed by atoms with Crippen LogP contribution in [-0.2, 0) is 0 Å². The van der Waals surface area contributed by atoms with Gasteiger partial charge in [-0.25, -0.2) is 0 Å². The molecular weight excluding hydrogens is 204 g/mol. The number of hydrogen-bond donors (Lipinski definition) is 1. The first-order valence-corrected chi connectivity index (χ1v) is 5.38. The van der Waals surface area contributed by atoms with Crippen molar-refractivity contribution in [3.05, 3.63) is 24.5 Å². The van der Waals surface area contributed by atoms with Crippen LogP contribution in [0.2, 0.25) is 0 Å². The Bertz CT molecular complexity index is 427. The summed E-state index contributed by atoms with van der Waals surface area (Å²) < 4.78 is 5.46. The molecule has 5 heteroatoms. The van der Waals surface area contributed by atoms with E-state index in [0.29, 0.717) is 11.9 Å². The summed E-state index contributed by atoms with van der Waals surface area (Å²) in [7, 11) is 0. The second kappa shape index (κ2) is 5.25. The van der Waals surface area contributed by atoms with E-state index in [-0.39, 0.29) is 0 Å². The molecule has 0 fully saturated rings. The van der Waals surface area contributed by atoms with Crippen molar-refractivity contribution in [1.29, 1.82) is 0 Å². The molecule has 0 aromatic carbocycles. The summed E-state index contributed by atoms with van der Waals surface area (Å²) in [5, 5.41) is 11.0. The van der Waals surface area contributed by atoms with E-state index in [1.807, 2.05) is 12.1 Å². The summed E-state index contributed by atoms with van der Waals surface area (Å²) in [5.74, 6) is 0.515. The van der Waals surface area contributed by atoms with E-state index in [1.54, 1.807) is 12.4 Å². The SMILES string of the molecule is CCCCNc1nnc(-c2ccncc2)o1. The highest BCUT2D eigenvalue weighted by Gasteiger charge is 2.06. The van der Waals surface area contributed by atoms with E-state index in [2.05, 4.69) is 27.4 Å². The molecule has 2 aromatic rings. The first-order chi connectivity index (χ1) is 7.90. The Morgan fingerprint density at radius 2 is 2.06 bits per heavy atom. The van der Waals surface area contributed by atoms with Crippen LogP contribution in [-0.4, -0.2) is 21.7 Å². The largest absolute Gasteiger partial charge is 0.403 e. The van der Waals surface area contributed by atoms with Crippen molar-refractivity contribution in [3.8, 4) is 11.5 Å². The van der Waals surface area contributed by atoms with Crippen LogP contribution in [0.4, 0.5) is 6.01 Å². The Morgan fingerprint density at radius 3 is 2.81 bits per heavy atom. The van der Waals surface area contributed by atoms with Crippen molar-refractivity contribution >= 4 is 6.01 Å². The lowest BCUT2D eigenvalue weighted by atomic mass is 10.3. The molecular formula is C11H14N4O. The highest BCUT2D eigenvalue weighted by Crippen LogP contribution is 2.18. The predicted octanol–water partition coefficient (Wildman–Crippen LogP) is 2.34. The van der Waals surface area contributed by atoms with Gasteiger partial charge >= 0.3 is 6.01 Å². The van der Waals surface area contributed by atoms with Gasteiger partial charge in [0.15, 0.2) is 0 Å². The van der Waals surface area contributed by atoms with Gasteiger partial charge in [-0.3, -0.25) is 4.98 Å². The summed E-state index contributed by atoms with van der Waals surface area (Å²) in [4.78, 5) is 3.93. The maximum Gasteiger partial charge on any atom is 0.315 e. The van der Waals surface area contributed by atoms with Gasteiger partial charge in [-0.2, -0.15) is 0 Å². The summed E-state index contributed by atoms with van der Waals surface area (Å²) in [5.41, 5.74) is 0.881. The molecule has 0 spiro atoms. The van der Waals surface area contributed by atoms with E-state index in [9.17, 15) is 0 Å². The van der Waals surface area contributed by atoms with E-state index >= 15 is 0 Å². The second-order valence-corrected chi connectivity index (χ2v) is 3.43. The summed E-state index contributed by atoms with van der Waals surface area (Å²) in [6, 6.07) is 4.15. The number of nitrogens with one attached hydrogen (secondary N) is 1. The van der Waals surface area contributed by atoms with Crippen molar-refractivity contribution in [2.45, 2.75) is 19.8 Å². The number of pyridine rings is 1. The second-order valence-electron chi connectivity index (χ2n) is 3.43. The van der Waals surface area contributed by atoms with Crippen LogP contribution in [0.5, 0.6) is 0 Å². The van der Waals surface area contributed by atoms with E-state index in [4.69, 9.17) is 4.42 Å². The van der Waals surface area contributed by atoms with Gasteiger partial charge in [-0.1, -0.05) is 18.4 Å². The molecule has 0 saturated carbocycles. The molecule has 0 aliphatic heterocycles. The Balaban J connectivity index is 2.02. The van der Waals surface area contributed by atoms with Crippen LogP contribution in [0.3, 0.4) is 0 Å². The van der Waals surface area contributed by atoms with Crippen LogP contribution in [0.1, 0.15) is 19.8 Å². The minimum absolute atomic E-state index is 0.472. The average Bonchev–Trinajstić information content (AvgIpc) is 2.79. The van der Waals surface area contributed by atoms with Crippen LogP contribution in [0.15, 0.2) is 28.9 Å². The van der Waals surface area contributed by atoms with Gasteiger partial charge in [-0.05, 0) is 18.6 Å². The maximum atomic E-state index is 5.46. The fourth-order valence-electron chi connectivity index (χ4n) is 1.28. The van der Waals surface area contributed by atoms with Crippen molar-refractivity contribution < 1.29 is 4.42 Å². The van der Waals surface area contributed by atoms with Crippen LogP contribution in [0.25, 0.3) is 11.5 Å². The number of nitrogens with zero attached hydrogens (tertiary/aromatic N) is 3. The fourth-order valence-corrected chi connectivity index (χ4v) is 1.28. The van der Waals surface area contributed by atoms with E-state index in [0.717, 1.165) is 24.9 Å². The molecule has 2 heterocycles. The molecule has 0 bridgehead atoms. The van der Waals surface area contributed by atoms with Crippen molar-refractivity contribution in [3.63, 3.8) is 0 Å². The minimum atomic E-state index is 0.472. The molecule has 0 amide bonds. The molecule has 84 valence electrons. The lowest BCUT2D eigenvalue weighted by molar-refractivity contribution is 0.579. The number of unbranched alkanes of at least 4 members (excludes halogenated alkanes) is 1. The third-order valence-corrected chi connectivity index (χ3v) is 2.16. The highest BCUT2D eigenvalue weighted by molar-refractivity contribution is 5.51. The van der Waals surface area contributed by atoms with Crippen molar-refractivity contribution in [2.75, 3.05) is 11.9 Å². The lowest BCUT2D eigenvalue weighted by Crippen LogP contribution is -2.00. The van der Waals surface area contributed by atoms with E-state index < -0.39 is 0 Å². The molecule has 0 aliphatic rings. The topological polar surface area (TPSA) is 63.8 Å².